The molecule has 2 aliphatic carbocycles. The smallest absolute Gasteiger partial charge is 0.242 e. The Morgan fingerprint density at radius 3 is 2.47 bits per heavy atom. The Bertz CT molecular complexity index is 323. The van der Waals surface area contributed by atoms with Gasteiger partial charge in [0.1, 0.15) is 0 Å². The molecule has 0 aliphatic heterocycles. The zero-order valence-electron chi connectivity index (χ0n) is 11.3. The minimum Gasteiger partial charge on any atom is -0.378 e. The summed E-state index contributed by atoms with van der Waals surface area (Å²) in [4.78, 5) is 14.0. The third kappa shape index (κ3) is 1.97. The molecule has 4 heteroatoms. The molecular weight excluding hydrogens is 216 g/mol. The monoisotopic (exact) mass is 240 g/mol. The number of rotatable bonds is 4. The molecule has 1 amide bonds. The van der Waals surface area contributed by atoms with Crippen LogP contribution in [0.2, 0.25) is 0 Å². The van der Waals surface area contributed by atoms with Gasteiger partial charge in [0.05, 0.1) is 11.6 Å². The number of amides is 1. The molecule has 0 radical (unpaired) electrons. The summed E-state index contributed by atoms with van der Waals surface area (Å²) in [6, 6.07) is 0.257. The Labute approximate surface area is 103 Å². The number of likely N-dealkylation sites (N-methyl/N-ethyl adjacent to an activating group) is 1. The molecule has 0 aromatic heterocycles. The highest BCUT2D eigenvalue weighted by molar-refractivity contribution is 5.89. The summed E-state index contributed by atoms with van der Waals surface area (Å²) in [6.07, 6.45) is 2.86. The molecule has 2 atom stereocenters. The third-order valence-corrected chi connectivity index (χ3v) is 4.50. The SMILES string of the molecule is CCOC1CC(N(C)C(=O)C2(N)CC2)C1(C)C. The number of carbonyl (C=O) groups excluding carboxylic acids is 1. The third-order valence-electron chi connectivity index (χ3n) is 4.50. The van der Waals surface area contributed by atoms with E-state index >= 15 is 0 Å². The first-order valence-electron chi connectivity index (χ1n) is 6.50. The number of hydrogen-bond acceptors (Lipinski definition) is 3. The van der Waals surface area contributed by atoms with Gasteiger partial charge < -0.3 is 15.4 Å². The van der Waals surface area contributed by atoms with E-state index in [2.05, 4.69) is 13.8 Å². The van der Waals surface area contributed by atoms with Crippen LogP contribution in [0.1, 0.15) is 40.0 Å². The number of carbonyl (C=O) groups is 1. The van der Waals surface area contributed by atoms with Gasteiger partial charge in [-0.25, -0.2) is 0 Å². The molecule has 0 aromatic carbocycles. The zero-order valence-corrected chi connectivity index (χ0v) is 11.3. The first-order valence-corrected chi connectivity index (χ1v) is 6.50. The van der Waals surface area contributed by atoms with Crippen LogP contribution in [0.15, 0.2) is 0 Å². The number of nitrogens with two attached hydrogens (primary N) is 1. The van der Waals surface area contributed by atoms with Crippen LogP contribution >= 0.6 is 0 Å². The summed E-state index contributed by atoms with van der Waals surface area (Å²) in [5.74, 6) is 0.102. The van der Waals surface area contributed by atoms with Gasteiger partial charge in [0.15, 0.2) is 0 Å². The van der Waals surface area contributed by atoms with Crippen molar-refractivity contribution in [1.29, 1.82) is 0 Å². The Kier molecular flexibility index (Phi) is 2.99. The van der Waals surface area contributed by atoms with Crippen LogP contribution in [-0.2, 0) is 9.53 Å². The van der Waals surface area contributed by atoms with E-state index in [1.165, 1.54) is 0 Å². The lowest BCUT2D eigenvalue weighted by Gasteiger charge is -2.55. The number of hydrogen-bond donors (Lipinski definition) is 1. The van der Waals surface area contributed by atoms with Crippen LogP contribution in [0, 0.1) is 5.41 Å². The molecule has 0 aromatic rings. The fourth-order valence-corrected chi connectivity index (χ4v) is 2.85. The maximum absolute atomic E-state index is 12.2. The highest BCUT2D eigenvalue weighted by Crippen LogP contribution is 2.47. The molecule has 0 saturated heterocycles. The van der Waals surface area contributed by atoms with E-state index < -0.39 is 5.54 Å². The molecule has 2 aliphatic rings. The van der Waals surface area contributed by atoms with Gasteiger partial charge in [-0.2, -0.15) is 0 Å². The van der Waals surface area contributed by atoms with Gasteiger partial charge >= 0.3 is 0 Å². The molecule has 17 heavy (non-hydrogen) atoms. The number of ether oxygens (including phenoxy) is 1. The normalized spacial score (nSPS) is 32.8. The van der Waals surface area contributed by atoms with Crippen LogP contribution in [0.4, 0.5) is 0 Å². The molecule has 0 spiro atoms. The Morgan fingerprint density at radius 1 is 1.47 bits per heavy atom. The van der Waals surface area contributed by atoms with Gasteiger partial charge in [-0.15, -0.1) is 0 Å². The lowest BCUT2D eigenvalue weighted by Crippen LogP contribution is -2.64. The lowest BCUT2D eigenvalue weighted by molar-refractivity contribution is -0.165. The van der Waals surface area contributed by atoms with Gasteiger partial charge in [0, 0.05) is 25.1 Å². The van der Waals surface area contributed by atoms with Crippen LogP contribution in [0.5, 0.6) is 0 Å². The second-order valence-corrected chi connectivity index (χ2v) is 6.09. The van der Waals surface area contributed by atoms with Crippen LogP contribution in [0.25, 0.3) is 0 Å². The second kappa shape index (κ2) is 3.95. The van der Waals surface area contributed by atoms with Crippen molar-refractivity contribution in [3.05, 3.63) is 0 Å². The van der Waals surface area contributed by atoms with Crippen molar-refractivity contribution in [3.8, 4) is 0 Å². The summed E-state index contributed by atoms with van der Waals surface area (Å²) in [7, 11) is 1.88. The summed E-state index contributed by atoms with van der Waals surface area (Å²) < 4.78 is 5.69. The average Bonchev–Trinajstić information content (AvgIpc) is 3.01. The Hall–Kier alpha value is -0.610. The molecule has 4 nitrogen and oxygen atoms in total. The van der Waals surface area contributed by atoms with Crippen molar-refractivity contribution in [2.75, 3.05) is 13.7 Å². The maximum Gasteiger partial charge on any atom is 0.242 e. The van der Waals surface area contributed by atoms with E-state index in [9.17, 15) is 4.79 Å². The van der Waals surface area contributed by atoms with Crippen LogP contribution in [-0.4, -0.2) is 42.1 Å². The summed E-state index contributed by atoms with van der Waals surface area (Å²) in [5, 5.41) is 0. The highest BCUT2D eigenvalue weighted by atomic mass is 16.5. The van der Waals surface area contributed by atoms with E-state index in [1.54, 1.807) is 0 Å². The number of nitrogens with zero attached hydrogens (tertiary/aromatic N) is 1. The molecule has 2 rings (SSSR count). The molecule has 0 bridgehead atoms. The van der Waals surface area contributed by atoms with Crippen LogP contribution < -0.4 is 5.73 Å². The van der Waals surface area contributed by atoms with Gasteiger partial charge in [-0.05, 0) is 26.2 Å². The summed E-state index contributed by atoms with van der Waals surface area (Å²) in [5.41, 5.74) is 5.45. The Balaban J connectivity index is 1.98. The predicted octanol–water partition coefficient (Wildman–Crippen LogP) is 1.14. The van der Waals surface area contributed by atoms with Crippen molar-refractivity contribution < 1.29 is 9.53 Å². The van der Waals surface area contributed by atoms with Gasteiger partial charge in [-0.3, -0.25) is 4.79 Å². The Morgan fingerprint density at radius 2 is 2.06 bits per heavy atom. The largest absolute Gasteiger partial charge is 0.378 e. The minimum atomic E-state index is -0.554. The van der Waals surface area contributed by atoms with E-state index in [4.69, 9.17) is 10.5 Å². The standard InChI is InChI=1S/C13H24N2O2/c1-5-17-10-8-9(12(10,2)3)15(4)11(16)13(14)6-7-13/h9-10H,5-8,14H2,1-4H3. The maximum atomic E-state index is 12.2. The van der Waals surface area contributed by atoms with Crippen molar-refractivity contribution >= 4 is 5.91 Å². The first-order chi connectivity index (χ1) is 7.83. The molecule has 2 N–H and O–H groups in total. The molecule has 98 valence electrons. The first kappa shape index (κ1) is 12.8. The molecular formula is C13H24N2O2. The molecule has 2 fully saturated rings. The van der Waals surface area contributed by atoms with Gasteiger partial charge in [0.25, 0.3) is 0 Å². The van der Waals surface area contributed by atoms with E-state index in [0.29, 0.717) is 0 Å². The predicted molar refractivity (Wildman–Crippen MR) is 66.5 cm³/mol. The lowest BCUT2D eigenvalue weighted by atomic mass is 9.63. The summed E-state index contributed by atoms with van der Waals surface area (Å²) >= 11 is 0. The molecule has 0 heterocycles. The topological polar surface area (TPSA) is 55.6 Å². The van der Waals surface area contributed by atoms with Crippen molar-refractivity contribution in [2.24, 2.45) is 11.1 Å². The minimum absolute atomic E-state index is 0.0334. The second-order valence-electron chi connectivity index (χ2n) is 6.09. The molecule has 2 unspecified atom stereocenters. The zero-order chi connectivity index (χ0) is 12.8. The molecule has 2 saturated carbocycles. The van der Waals surface area contributed by atoms with Crippen LogP contribution in [0.3, 0.4) is 0 Å². The van der Waals surface area contributed by atoms with Crippen molar-refractivity contribution in [2.45, 2.75) is 57.7 Å². The van der Waals surface area contributed by atoms with E-state index in [0.717, 1.165) is 25.9 Å². The van der Waals surface area contributed by atoms with E-state index in [-0.39, 0.29) is 23.5 Å². The quantitative estimate of drug-likeness (QED) is 0.801. The van der Waals surface area contributed by atoms with Crippen molar-refractivity contribution in [3.63, 3.8) is 0 Å². The highest BCUT2D eigenvalue weighted by Gasteiger charge is 2.55. The fraction of sp³-hybridized carbons (Fsp3) is 0.923. The van der Waals surface area contributed by atoms with E-state index in [1.807, 2.05) is 18.9 Å². The van der Waals surface area contributed by atoms with Gasteiger partial charge in [-0.1, -0.05) is 13.8 Å². The fourth-order valence-electron chi connectivity index (χ4n) is 2.85. The summed E-state index contributed by atoms with van der Waals surface area (Å²) in [6.45, 7) is 7.08. The average molecular weight is 240 g/mol. The van der Waals surface area contributed by atoms with Gasteiger partial charge in [0.2, 0.25) is 5.91 Å². The van der Waals surface area contributed by atoms with Crippen molar-refractivity contribution in [1.82, 2.24) is 4.90 Å².